The number of benzene rings is 4. The Morgan fingerprint density at radius 2 is 0.921 bits per heavy atom. The second-order valence-electron chi connectivity index (χ2n) is 10.2. The summed E-state index contributed by atoms with van der Waals surface area (Å²) >= 11 is 0. The first kappa shape index (κ1) is 25.6. The van der Waals surface area contributed by atoms with Crippen LogP contribution in [0.4, 0.5) is 0 Å². The van der Waals surface area contributed by atoms with Crippen LogP contribution >= 0.6 is 0 Å². The van der Waals surface area contributed by atoms with Gasteiger partial charge in [0.2, 0.25) is 0 Å². The van der Waals surface area contributed by atoms with Crippen molar-refractivity contribution in [1.29, 1.82) is 0 Å². The van der Waals surface area contributed by atoms with Crippen LogP contribution < -0.4 is 9.47 Å². The van der Waals surface area contributed by atoms with Crippen LogP contribution in [0.15, 0.2) is 110 Å². The largest absolute Gasteiger partial charge is 0.489 e. The normalized spacial score (nSPS) is 14.4. The molecule has 2 heteroatoms. The van der Waals surface area contributed by atoms with Crippen molar-refractivity contribution < 1.29 is 9.47 Å². The molecule has 1 aliphatic rings. The summed E-state index contributed by atoms with van der Waals surface area (Å²) in [6.45, 7) is 8.75. The van der Waals surface area contributed by atoms with Gasteiger partial charge >= 0.3 is 0 Å². The standard InChI is InChI=1S/C36H36O2/c1-3-28-8-12-30(13-9-28)26-37-34-20-16-32(17-21-34)36(24-6-5-7-25-36)33-18-22-35(23-19-33)38-27-31-14-10-29(4-2)11-15-31/h3-4,8-23H,1-2,5-7,24-27H2. The molecule has 5 rings (SSSR count). The molecule has 0 amide bonds. The predicted molar refractivity (Wildman–Crippen MR) is 158 cm³/mol. The SMILES string of the molecule is C=Cc1ccc(COc2ccc(C3(c4ccc(OCc5ccc(C=C)cc5)cc4)CCCCC3)cc2)cc1. The molecule has 192 valence electrons. The molecule has 0 aliphatic heterocycles. The maximum atomic E-state index is 6.09. The molecular weight excluding hydrogens is 464 g/mol. The molecule has 38 heavy (non-hydrogen) atoms. The van der Waals surface area contributed by atoms with Gasteiger partial charge in [0, 0.05) is 5.41 Å². The van der Waals surface area contributed by atoms with E-state index < -0.39 is 0 Å². The summed E-state index contributed by atoms with van der Waals surface area (Å²) in [7, 11) is 0. The number of hydrogen-bond acceptors (Lipinski definition) is 2. The van der Waals surface area contributed by atoms with E-state index in [-0.39, 0.29) is 5.41 Å². The maximum absolute atomic E-state index is 6.09. The van der Waals surface area contributed by atoms with Crippen molar-refractivity contribution in [2.24, 2.45) is 0 Å². The van der Waals surface area contributed by atoms with Crippen LogP contribution in [0.5, 0.6) is 11.5 Å². The summed E-state index contributed by atoms with van der Waals surface area (Å²) in [4.78, 5) is 0. The van der Waals surface area contributed by atoms with Gasteiger partial charge in [-0.25, -0.2) is 0 Å². The molecule has 2 nitrogen and oxygen atoms in total. The van der Waals surface area contributed by atoms with Crippen molar-refractivity contribution >= 4 is 12.2 Å². The van der Waals surface area contributed by atoms with Crippen molar-refractivity contribution in [3.63, 3.8) is 0 Å². The molecule has 0 aromatic heterocycles. The molecule has 1 fully saturated rings. The highest BCUT2D eigenvalue weighted by Gasteiger charge is 2.35. The van der Waals surface area contributed by atoms with E-state index in [0.717, 1.165) is 33.8 Å². The van der Waals surface area contributed by atoms with Crippen molar-refractivity contribution in [2.45, 2.75) is 50.7 Å². The van der Waals surface area contributed by atoms with E-state index in [1.807, 2.05) is 12.2 Å². The Hall–Kier alpha value is -4.04. The maximum Gasteiger partial charge on any atom is 0.119 e. The first-order valence-electron chi connectivity index (χ1n) is 13.6. The molecule has 0 atom stereocenters. The van der Waals surface area contributed by atoms with Gasteiger partial charge in [0.05, 0.1) is 0 Å². The minimum atomic E-state index is 0.0380. The fourth-order valence-electron chi connectivity index (χ4n) is 5.47. The van der Waals surface area contributed by atoms with E-state index >= 15 is 0 Å². The lowest BCUT2D eigenvalue weighted by atomic mass is 9.65. The second kappa shape index (κ2) is 12.0. The Bertz CT molecular complexity index is 1220. The summed E-state index contributed by atoms with van der Waals surface area (Å²) in [6, 6.07) is 34.2. The van der Waals surface area contributed by atoms with E-state index in [9.17, 15) is 0 Å². The molecule has 4 aromatic carbocycles. The van der Waals surface area contributed by atoms with Gasteiger partial charge in [-0.2, -0.15) is 0 Å². The molecule has 0 unspecified atom stereocenters. The fourth-order valence-corrected chi connectivity index (χ4v) is 5.47. The lowest BCUT2D eigenvalue weighted by molar-refractivity contribution is 0.304. The van der Waals surface area contributed by atoms with Crippen LogP contribution in [0.2, 0.25) is 0 Å². The fraction of sp³-hybridized carbons (Fsp3) is 0.222. The van der Waals surface area contributed by atoms with Gasteiger partial charge in [0.1, 0.15) is 24.7 Å². The van der Waals surface area contributed by atoms with Gasteiger partial charge in [-0.1, -0.05) is 117 Å². The Morgan fingerprint density at radius 1 is 0.526 bits per heavy atom. The molecule has 0 bridgehead atoms. The molecule has 0 N–H and O–H groups in total. The zero-order chi connectivity index (χ0) is 26.2. The molecular formula is C36H36O2. The molecule has 1 aliphatic carbocycles. The topological polar surface area (TPSA) is 18.5 Å². The second-order valence-corrected chi connectivity index (χ2v) is 10.2. The van der Waals surface area contributed by atoms with Crippen molar-refractivity contribution in [1.82, 2.24) is 0 Å². The highest BCUT2D eigenvalue weighted by atomic mass is 16.5. The van der Waals surface area contributed by atoms with E-state index in [1.54, 1.807) is 0 Å². The van der Waals surface area contributed by atoms with Gasteiger partial charge in [-0.3, -0.25) is 0 Å². The average molecular weight is 501 g/mol. The monoisotopic (exact) mass is 500 g/mol. The van der Waals surface area contributed by atoms with E-state index in [4.69, 9.17) is 9.47 Å². The van der Waals surface area contributed by atoms with Crippen LogP contribution in [0, 0.1) is 0 Å². The molecule has 1 saturated carbocycles. The van der Waals surface area contributed by atoms with Gasteiger partial charge in [0.25, 0.3) is 0 Å². The van der Waals surface area contributed by atoms with Crippen LogP contribution in [0.25, 0.3) is 12.2 Å². The van der Waals surface area contributed by atoms with Crippen molar-refractivity contribution in [3.8, 4) is 11.5 Å². The zero-order valence-corrected chi connectivity index (χ0v) is 22.1. The van der Waals surface area contributed by atoms with Crippen LogP contribution in [0.3, 0.4) is 0 Å². The quantitative estimate of drug-likeness (QED) is 0.216. The predicted octanol–water partition coefficient (Wildman–Crippen LogP) is 9.38. The van der Waals surface area contributed by atoms with Gasteiger partial charge in [-0.05, 0) is 70.5 Å². The van der Waals surface area contributed by atoms with Crippen LogP contribution in [-0.2, 0) is 18.6 Å². The third kappa shape index (κ3) is 5.92. The highest BCUT2D eigenvalue weighted by molar-refractivity contribution is 5.48. The molecule has 0 radical (unpaired) electrons. The first-order valence-corrected chi connectivity index (χ1v) is 13.6. The van der Waals surface area contributed by atoms with E-state index in [1.165, 1.54) is 43.2 Å². The summed E-state index contributed by atoms with van der Waals surface area (Å²) < 4.78 is 12.2. The third-order valence-corrected chi connectivity index (χ3v) is 7.76. The number of rotatable bonds is 10. The lowest BCUT2D eigenvalue weighted by Crippen LogP contribution is -2.30. The summed E-state index contributed by atoms with van der Waals surface area (Å²) in [6.07, 6.45) is 9.84. The van der Waals surface area contributed by atoms with Crippen molar-refractivity contribution in [2.75, 3.05) is 0 Å². The minimum absolute atomic E-state index is 0.0380. The zero-order valence-electron chi connectivity index (χ0n) is 22.1. The first-order chi connectivity index (χ1) is 18.7. The lowest BCUT2D eigenvalue weighted by Gasteiger charge is -2.38. The molecule has 0 heterocycles. The summed E-state index contributed by atoms with van der Waals surface area (Å²) in [5.41, 5.74) is 7.32. The summed E-state index contributed by atoms with van der Waals surface area (Å²) in [5.74, 6) is 1.80. The van der Waals surface area contributed by atoms with Crippen LogP contribution in [-0.4, -0.2) is 0 Å². The molecule has 0 spiro atoms. The molecule has 0 saturated heterocycles. The van der Waals surface area contributed by atoms with Gasteiger partial charge in [-0.15, -0.1) is 0 Å². The van der Waals surface area contributed by atoms with Gasteiger partial charge < -0.3 is 9.47 Å². The summed E-state index contributed by atoms with van der Waals surface area (Å²) in [5, 5.41) is 0. The van der Waals surface area contributed by atoms with Gasteiger partial charge in [0.15, 0.2) is 0 Å². The Balaban J connectivity index is 1.27. The van der Waals surface area contributed by atoms with E-state index in [0.29, 0.717) is 13.2 Å². The highest BCUT2D eigenvalue weighted by Crippen LogP contribution is 2.45. The molecule has 4 aromatic rings. The smallest absolute Gasteiger partial charge is 0.119 e. The Labute approximate surface area is 227 Å². The average Bonchev–Trinajstić information content (AvgIpc) is 3.00. The van der Waals surface area contributed by atoms with E-state index in [2.05, 4.69) is 110 Å². The number of ether oxygens (including phenoxy) is 2. The number of hydrogen-bond donors (Lipinski definition) is 0. The minimum Gasteiger partial charge on any atom is -0.489 e. The third-order valence-electron chi connectivity index (χ3n) is 7.76. The van der Waals surface area contributed by atoms with Crippen LogP contribution in [0.1, 0.15) is 65.5 Å². The Morgan fingerprint density at radius 3 is 1.29 bits per heavy atom. The van der Waals surface area contributed by atoms with Crippen molar-refractivity contribution in [3.05, 3.63) is 144 Å². The Kier molecular flexibility index (Phi) is 8.09.